The number of aromatic nitrogens is 2. The highest BCUT2D eigenvalue weighted by atomic mass is 19.1. The van der Waals surface area contributed by atoms with Crippen molar-refractivity contribution in [3.05, 3.63) is 65.5 Å². The Morgan fingerprint density at radius 2 is 1.59 bits per heavy atom. The number of benzene rings is 2. The van der Waals surface area contributed by atoms with Crippen LogP contribution >= 0.6 is 0 Å². The van der Waals surface area contributed by atoms with Gasteiger partial charge in [-0.1, -0.05) is 13.8 Å². The molecule has 3 aromatic rings. The number of hydrogen-bond donors (Lipinski definition) is 4. The van der Waals surface area contributed by atoms with Crippen LogP contribution in [0.1, 0.15) is 100 Å². The van der Waals surface area contributed by atoms with Gasteiger partial charge >= 0.3 is 6.03 Å². The summed E-state index contributed by atoms with van der Waals surface area (Å²) in [6, 6.07) is 8.94. The number of carbonyl (C=O) groups excluding carboxylic acids is 5. The second-order valence-electron chi connectivity index (χ2n) is 21.6. The molecule has 5 aliphatic heterocycles. The van der Waals surface area contributed by atoms with E-state index in [-0.39, 0.29) is 54.6 Å². The Bertz CT molecular complexity index is 2390. The van der Waals surface area contributed by atoms with E-state index in [1.807, 2.05) is 11.0 Å². The molecule has 5 N–H and O–H groups in total. The highest BCUT2D eigenvalue weighted by Gasteiger charge is 2.34. The van der Waals surface area contributed by atoms with Crippen LogP contribution in [0.4, 0.5) is 36.6 Å². The van der Waals surface area contributed by atoms with E-state index in [4.69, 9.17) is 10.5 Å². The number of rotatable bonds is 19. The largest absolute Gasteiger partial charge is 0.495 e. The van der Waals surface area contributed by atoms with Crippen molar-refractivity contribution in [1.29, 1.82) is 0 Å². The van der Waals surface area contributed by atoms with Gasteiger partial charge in [0.15, 0.2) is 5.78 Å². The molecule has 0 spiro atoms. The molecular formula is C54H78F2N12O6. The SMILES string of the molecule is CC1(C)CCN(Cc2cc(F)c(NCC(=O)CC3(N)CCN(c4cc(NCCCCC=O)ncn4)CC3)cc2F)CC1.COc1ccc(C(=O)N2CCN(CC3CCN(C)CC3)CC2)cc1N1CCC(=O)NC1=O. The third kappa shape index (κ3) is 15.8. The summed E-state index contributed by atoms with van der Waals surface area (Å²) in [6.07, 6.45) is 10.9. The lowest BCUT2D eigenvalue weighted by atomic mass is 9.82. The van der Waals surface area contributed by atoms with Crippen LogP contribution < -0.4 is 36.2 Å². The third-order valence-electron chi connectivity index (χ3n) is 15.3. The molecule has 5 fully saturated rings. The summed E-state index contributed by atoms with van der Waals surface area (Å²) in [5.41, 5.74) is 7.57. The lowest BCUT2D eigenvalue weighted by Crippen LogP contribution is -2.52. The van der Waals surface area contributed by atoms with Crippen LogP contribution in [0, 0.1) is 23.0 Å². The molecule has 4 amide bonds. The molecular weight excluding hydrogens is 951 g/mol. The number of unbranched alkanes of at least 4 members (excludes halogenated alkanes) is 2. The van der Waals surface area contributed by atoms with Crippen molar-refractivity contribution in [2.24, 2.45) is 17.1 Å². The van der Waals surface area contributed by atoms with Gasteiger partial charge in [-0.2, -0.15) is 0 Å². The zero-order valence-corrected chi connectivity index (χ0v) is 43.9. The van der Waals surface area contributed by atoms with Crippen LogP contribution in [0.5, 0.6) is 5.75 Å². The monoisotopic (exact) mass is 1030 g/mol. The number of likely N-dealkylation sites (tertiary alicyclic amines) is 2. The van der Waals surface area contributed by atoms with Crippen LogP contribution in [0.25, 0.3) is 0 Å². The van der Waals surface area contributed by atoms with E-state index >= 15 is 0 Å². The average molecular weight is 1030 g/mol. The summed E-state index contributed by atoms with van der Waals surface area (Å²) in [7, 11) is 3.71. The Balaban J connectivity index is 0.000000224. The van der Waals surface area contributed by atoms with Gasteiger partial charge in [0.1, 0.15) is 41.6 Å². The van der Waals surface area contributed by atoms with Crippen molar-refractivity contribution < 1.29 is 37.5 Å². The Kier molecular flexibility index (Phi) is 19.7. The maximum Gasteiger partial charge on any atom is 0.328 e. The Morgan fingerprint density at radius 1 is 0.865 bits per heavy atom. The summed E-state index contributed by atoms with van der Waals surface area (Å²) in [6.45, 7) is 15.4. The van der Waals surface area contributed by atoms with Crippen LogP contribution in [0.15, 0.2) is 42.7 Å². The topological polar surface area (TPSA) is 202 Å². The molecule has 0 saturated carbocycles. The Hall–Kier alpha value is -5.83. The number of imide groups is 1. The third-order valence-corrected chi connectivity index (χ3v) is 15.3. The van der Waals surface area contributed by atoms with Crippen molar-refractivity contribution in [3.63, 3.8) is 0 Å². The van der Waals surface area contributed by atoms with Crippen LogP contribution in [-0.2, 0) is 20.9 Å². The van der Waals surface area contributed by atoms with Gasteiger partial charge in [-0.15, -0.1) is 0 Å². The minimum Gasteiger partial charge on any atom is -0.495 e. The molecule has 6 heterocycles. The van der Waals surface area contributed by atoms with E-state index < -0.39 is 23.2 Å². The number of halogens is 2. The number of nitrogens with two attached hydrogens (primary N) is 1. The van der Waals surface area contributed by atoms with Gasteiger partial charge in [-0.25, -0.2) is 23.5 Å². The standard InChI is InChI=1S/C31H45F2N7O2.C23H33N5O4/c1-30(2)6-11-39(12-7-30)21-23-16-26(33)27(17-25(23)32)36-20-24(42)19-31(34)8-13-40(14-9-31)29-18-28(37-22-38-29)35-10-4-3-5-15-41;1-25-8-5-17(6-9-25)16-26-11-13-27(14-12-26)22(30)18-3-4-20(32-2)19(15-18)28-10-7-21(29)24-23(28)31/h15-18,22,36H,3-14,19-21,34H2,1-2H3,(H,35,37,38);3-4,15,17H,5-14,16H2,1-2H3,(H,24,29,31). The van der Waals surface area contributed by atoms with Crippen LogP contribution in [0.2, 0.25) is 0 Å². The number of ketones is 1. The van der Waals surface area contributed by atoms with Crippen molar-refractivity contribution in [2.75, 3.05) is 126 Å². The highest BCUT2D eigenvalue weighted by molar-refractivity contribution is 6.07. The zero-order chi connectivity index (χ0) is 52.8. The highest BCUT2D eigenvalue weighted by Crippen LogP contribution is 2.33. The molecule has 0 bridgehead atoms. The predicted molar refractivity (Wildman–Crippen MR) is 283 cm³/mol. The number of piperidine rings is 3. The number of nitrogens with one attached hydrogen (secondary N) is 3. The molecule has 18 nitrogen and oxygen atoms in total. The first-order chi connectivity index (χ1) is 35.5. The Morgan fingerprint density at radius 3 is 2.28 bits per heavy atom. The number of methoxy groups -OCH3 is 1. The summed E-state index contributed by atoms with van der Waals surface area (Å²) >= 11 is 0. The minimum atomic E-state index is -0.668. The molecule has 20 heteroatoms. The molecule has 0 aliphatic carbocycles. The molecule has 8 rings (SSSR count). The number of nitrogens with zero attached hydrogens (tertiary/aromatic N) is 8. The molecule has 2 aromatic carbocycles. The van der Waals surface area contributed by atoms with E-state index in [0.717, 1.165) is 94.9 Å². The molecule has 404 valence electrons. The van der Waals surface area contributed by atoms with Crippen LogP contribution in [-0.4, -0.2) is 171 Å². The fourth-order valence-corrected chi connectivity index (χ4v) is 10.3. The maximum absolute atomic E-state index is 14.8. The number of ether oxygens (including phenoxy) is 1. The van der Waals surface area contributed by atoms with Crippen molar-refractivity contribution in [1.82, 2.24) is 34.9 Å². The average Bonchev–Trinajstić information content (AvgIpc) is 3.38. The summed E-state index contributed by atoms with van der Waals surface area (Å²) in [5, 5.41) is 8.37. The molecule has 74 heavy (non-hydrogen) atoms. The smallest absolute Gasteiger partial charge is 0.328 e. The fraction of sp³-hybridized carbons (Fsp3) is 0.611. The summed E-state index contributed by atoms with van der Waals surface area (Å²) in [5.74, 6) is 1.25. The van der Waals surface area contributed by atoms with Crippen LogP contribution in [0.3, 0.4) is 0 Å². The molecule has 1 aromatic heterocycles. The summed E-state index contributed by atoms with van der Waals surface area (Å²) in [4.78, 5) is 81.4. The van der Waals surface area contributed by atoms with E-state index in [2.05, 4.69) is 66.4 Å². The van der Waals surface area contributed by atoms with Crippen molar-refractivity contribution in [2.45, 2.75) is 96.6 Å². The number of carbonyl (C=O) groups is 5. The fourth-order valence-electron chi connectivity index (χ4n) is 10.3. The molecule has 0 atom stereocenters. The lowest BCUT2D eigenvalue weighted by Gasteiger charge is -2.39. The minimum absolute atomic E-state index is 0.0119. The first-order valence-electron chi connectivity index (χ1n) is 26.5. The second-order valence-corrected chi connectivity index (χ2v) is 21.6. The first-order valence-corrected chi connectivity index (χ1v) is 26.5. The molecule has 5 saturated heterocycles. The van der Waals surface area contributed by atoms with Gasteiger partial charge in [-0.3, -0.25) is 34.4 Å². The van der Waals surface area contributed by atoms with E-state index in [1.165, 1.54) is 50.3 Å². The number of amides is 4. The zero-order valence-electron chi connectivity index (χ0n) is 43.9. The second kappa shape index (κ2) is 26.1. The van der Waals surface area contributed by atoms with Gasteiger partial charge in [-0.05, 0) is 120 Å². The van der Waals surface area contributed by atoms with Gasteiger partial charge in [0.25, 0.3) is 5.91 Å². The Labute approximate surface area is 435 Å². The predicted octanol–water partition coefficient (Wildman–Crippen LogP) is 5.77. The first kappa shape index (κ1) is 55.9. The molecule has 0 radical (unpaired) electrons. The van der Waals surface area contributed by atoms with Gasteiger partial charge in [0.2, 0.25) is 5.91 Å². The van der Waals surface area contributed by atoms with Crippen molar-refractivity contribution in [3.8, 4) is 5.75 Å². The number of urea groups is 1. The van der Waals surface area contributed by atoms with E-state index in [9.17, 15) is 32.8 Å². The molecule has 5 aliphatic rings. The quantitative estimate of drug-likeness (QED) is 0.0833. The summed E-state index contributed by atoms with van der Waals surface area (Å²) < 4.78 is 35.1. The van der Waals surface area contributed by atoms with Gasteiger partial charge in [0.05, 0.1) is 25.0 Å². The number of aldehydes is 1. The number of Topliss-reactive ketones (excluding diaryl/α,β-unsaturated/α-hetero) is 1. The maximum atomic E-state index is 14.8. The number of hydrogen-bond acceptors (Lipinski definition) is 15. The number of anilines is 4. The van der Waals surface area contributed by atoms with E-state index in [0.29, 0.717) is 74.6 Å². The normalized spacial score (nSPS) is 19.8. The van der Waals surface area contributed by atoms with Gasteiger partial charge in [0, 0.05) is 114 Å². The molecule has 0 unspecified atom stereocenters. The van der Waals surface area contributed by atoms with E-state index in [1.54, 1.807) is 18.2 Å². The number of piperazine rings is 1. The van der Waals surface area contributed by atoms with Gasteiger partial charge < -0.3 is 40.6 Å². The van der Waals surface area contributed by atoms with Crippen molar-refractivity contribution >= 4 is 52.9 Å². The lowest BCUT2D eigenvalue weighted by molar-refractivity contribution is -0.120.